The van der Waals surface area contributed by atoms with E-state index in [4.69, 9.17) is 0 Å². The number of urea groups is 1. The number of carbonyl (C=O) groups is 4. The van der Waals surface area contributed by atoms with Gasteiger partial charge in [-0.1, -0.05) is 42.5 Å². The highest BCUT2D eigenvalue weighted by atomic mass is 16.4. The van der Waals surface area contributed by atoms with Crippen LogP contribution in [0.4, 0.5) is 4.79 Å². The standard InChI is InChI=1S/C25H24N4O5/c30-22(27-20(24(32)33)11-17-13-26-19-8-4-3-7-18(17)19)9-10-28-23(31)21-12-15-5-1-2-6-16(15)14-29(21)25(28)34/h1-8,13,20-21,26H,9-12,14H2,(H,27,30)(H,32,33)/t20-,21-/m0/s1. The summed E-state index contributed by atoms with van der Waals surface area (Å²) in [6, 6.07) is 13.1. The van der Waals surface area contributed by atoms with Crippen LogP contribution in [0.5, 0.6) is 0 Å². The number of para-hydroxylation sites is 1. The van der Waals surface area contributed by atoms with Gasteiger partial charge in [-0.15, -0.1) is 0 Å². The van der Waals surface area contributed by atoms with E-state index in [1.54, 1.807) is 11.1 Å². The second-order valence-electron chi connectivity index (χ2n) is 8.66. The third-order valence-electron chi connectivity index (χ3n) is 6.57. The molecule has 2 aliphatic heterocycles. The molecule has 1 saturated heterocycles. The molecule has 9 heteroatoms. The van der Waals surface area contributed by atoms with Gasteiger partial charge in [0, 0.05) is 49.5 Å². The lowest BCUT2D eigenvalue weighted by Crippen LogP contribution is -2.44. The van der Waals surface area contributed by atoms with E-state index in [1.807, 2.05) is 48.5 Å². The molecule has 2 aliphatic rings. The first-order valence-electron chi connectivity index (χ1n) is 11.2. The number of H-pyrrole nitrogens is 1. The Labute approximate surface area is 195 Å². The molecule has 1 fully saturated rings. The molecule has 2 aromatic carbocycles. The van der Waals surface area contributed by atoms with E-state index in [9.17, 15) is 24.3 Å². The van der Waals surface area contributed by atoms with Crippen LogP contribution in [0.25, 0.3) is 10.9 Å². The number of nitrogens with one attached hydrogen (secondary N) is 2. The average molecular weight is 460 g/mol. The summed E-state index contributed by atoms with van der Waals surface area (Å²) in [6.45, 7) is 0.270. The SMILES string of the molecule is O=C(CCN1C(=O)[C@@H]2Cc3ccccc3CN2C1=O)N[C@@H](Cc1c[nH]c2ccccc12)C(=O)O. The Bertz CT molecular complexity index is 1260. The average Bonchev–Trinajstić information content (AvgIpc) is 3.34. The molecule has 1 aromatic heterocycles. The van der Waals surface area contributed by atoms with Crippen LogP contribution < -0.4 is 5.32 Å². The number of hydrogen-bond donors (Lipinski definition) is 3. The van der Waals surface area contributed by atoms with Gasteiger partial charge in [-0.3, -0.25) is 14.5 Å². The quantitative estimate of drug-likeness (QED) is 0.466. The molecule has 34 heavy (non-hydrogen) atoms. The fourth-order valence-electron chi connectivity index (χ4n) is 4.78. The predicted octanol–water partition coefficient (Wildman–Crippen LogP) is 2.06. The number of carboxylic acid groups (broad SMARTS) is 1. The molecule has 174 valence electrons. The normalized spacial score (nSPS) is 18.1. The summed E-state index contributed by atoms with van der Waals surface area (Å²) in [5.74, 6) is -2.00. The number of hydrogen-bond acceptors (Lipinski definition) is 4. The first kappa shape index (κ1) is 21.7. The van der Waals surface area contributed by atoms with E-state index in [0.29, 0.717) is 13.0 Å². The highest BCUT2D eigenvalue weighted by Crippen LogP contribution is 2.30. The number of aromatic amines is 1. The number of aromatic nitrogens is 1. The van der Waals surface area contributed by atoms with Crippen molar-refractivity contribution >= 4 is 34.7 Å². The van der Waals surface area contributed by atoms with E-state index < -0.39 is 30.0 Å². The van der Waals surface area contributed by atoms with Gasteiger partial charge in [0.05, 0.1) is 0 Å². The molecule has 5 rings (SSSR count). The summed E-state index contributed by atoms with van der Waals surface area (Å²) < 4.78 is 0. The Balaban J connectivity index is 1.21. The van der Waals surface area contributed by atoms with Crippen LogP contribution in [-0.2, 0) is 33.8 Å². The smallest absolute Gasteiger partial charge is 0.327 e. The van der Waals surface area contributed by atoms with Crippen molar-refractivity contribution in [3.05, 3.63) is 71.4 Å². The van der Waals surface area contributed by atoms with Gasteiger partial charge in [-0.2, -0.15) is 0 Å². The zero-order valence-corrected chi connectivity index (χ0v) is 18.4. The number of nitrogens with zero attached hydrogens (tertiary/aromatic N) is 2. The highest BCUT2D eigenvalue weighted by molar-refractivity contribution is 6.05. The van der Waals surface area contributed by atoms with E-state index in [1.165, 1.54) is 0 Å². The van der Waals surface area contributed by atoms with Crippen molar-refractivity contribution in [1.29, 1.82) is 0 Å². The predicted molar refractivity (Wildman–Crippen MR) is 123 cm³/mol. The molecular formula is C25H24N4O5. The number of carboxylic acids is 1. The highest BCUT2D eigenvalue weighted by Gasteiger charge is 2.46. The Morgan fingerprint density at radius 2 is 1.82 bits per heavy atom. The number of benzene rings is 2. The Morgan fingerprint density at radius 1 is 1.09 bits per heavy atom. The minimum Gasteiger partial charge on any atom is -0.480 e. The van der Waals surface area contributed by atoms with Crippen LogP contribution in [-0.4, -0.2) is 62.3 Å². The topological polar surface area (TPSA) is 123 Å². The lowest BCUT2D eigenvalue weighted by Gasteiger charge is -2.28. The molecule has 2 atom stereocenters. The van der Waals surface area contributed by atoms with E-state index in [2.05, 4.69) is 10.3 Å². The summed E-state index contributed by atoms with van der Waals surface area (Å²) in [4.78, 5) is 55.8. The van der Waals surface area contributed by atoms with Crippen molar-refractivity contribution in [3.8, 4) is 0 Å². The number of fused-ring (bicyclic) bond motifs is 3. The first-order valence-corrected chi connectivity index (χ1v) is 11.2. The van der Waals surface area contributed by atoms with Gasteiger partial charge in [0.1, 0.15) is 12.1 Å². The number of imide groups is 1. The molecule has 4 amide bonds. The first-order chi connectivity index (χ1) is 16.4. The molecule has 0 saturated carbocycles. The van der Waals surface area contributed by atoms with Crippen molar-refractivity contribution in [2.75, 3.05) is 6.54 Å². The maximum Gasteiger partial charge on any atom is 0.327 e. The van der Waals surface area contributed by atoms with Crippen molar-refractivity contribution in [2.45, 2.75) is 37.9 Å². The molecule has 0 bridgehead atoms. The number of aliphatic carboxylic acids is 1. The second kappa shape index (κ2) is 8.66. The summed E-state index contributed by atoms with van der Waals surface area (Å²) >= 11 is 0. The lowest BCUT2D eigenvalue weighted by atomic mass is 9.95. The fourth-order valence-corrected chi connectivity index (χ4v) is 4.78. The van der Waals surface area contributed by atoms with Crippen molar-refractivity contribution in [1.82, 2.24) is 20.1 Å². The van der Waals surface area contributed by atoms with Crippen molar-refractivity contribution in [2.24, 2.45) is 0 Å². The zero-order chi connectivity index (χ0) is 23.8. The van der Waals surface area contributed by atoms with E-state index >= 15 is 0 Å². The fraction of sp³-hybridized carbons (Fsp3) is 0.280. The van der Waals surface area contributed by atoms with Gasteiger partial charge in [0.2, 0.25) is 5.91 Å². The zero-order valence-electron chi connectivity index (χ0n) is 18.4. The van der Waals surface area contributed by atoms with Gasteiger partial charge in [0.15, 0.2) is 0 Å². The van der Waals surface area contributed by atoms with Crippen molar-refractivity contribution < 1.29 is 24.3 Å². The van der Waals surface area contributed by atoms with Gasteiger partial charge in [-0.05, 0) is 22.8 Å². The van der Waals surface area contributed by atoms with Crippen LogP contribution in [0.15, 0.2) is 54.7 Å². The number of amides is 4. The van der Waals surface area contributed by atoms with Crippen molar-refractivity contribution in [3.63, 3.8) is 0 Å². The van der Waals surface area contributed by atoms with Gasteiger partial charge < -0.3 is 20.3 Å². The van der Waals surface area contributed by atoms with Crippen LogP contribution >= 0.6 is 0 Å². The van der Waals surface area contributed by atoms with Crippen LogP contribution in [0.2, 0.25) is 0 Å². The third kappa shape index (κ3) is 3.89. The molecule has 0 radical (unpaired) electrons. The van der Waals surface area contributed by atoms with Gasteiger partial charge in [-0.25, -0.2) is 9.59 Å². The lowest BCUT2D eigenvalue weighted by molar-refractivity contribution is -0.142. The third-order valence-corrected chi connectivity index (χ3v) is 6.57. The summed E-state index contributed by atoms with van der Waals surface area (Å²) in [6.07, 6.45) is 2.14. The summed E-state index contributed by atoms with van der Waals surface area (Å²) in [7, 11) is 0. The summed E-state index contributed by atoms with van der Waals surface area (Å²) in [5.41, 5.74) is 3.73. The Morgan fingerprint density at radius 3 is 2.62 bits per heavy atom. The van der Waals surface area contributed by atoms with Gasteiger partial charge in [0.25, 0.3) is 5.91 Å². The minimum atomic E-state index is -1.15. The molecule has 3 heterocycles. The minimum absolute atomic E-state index is 0.0910. The van der Waals surface area contributed by atoms with Crippen LogP contribution in [0.3, 0.4) is 0 Å². The maximum atomic E-state index is 12.9. The van der Waals surface area contributed by atoms with E-state index in [0.717, 1.165) is 32.5 Å². The monoisotopic (exact) mass is 460 g/mol. The molecule has 0 spiro atoms. The molecule has 9 nitrogen and oxygen atoms in total. The molecule has 0 aliphatic carbocycles. The molecule has 3 aromatic rings. The molecular weight excluding hydrogens is 436 g/mol. The summed E-state index contributed by atoms with van der Waals surface area (Å²) in [5, 5.41) is 13.1. The number of rotatable bonds is 7. The second-order valence-corrected chi connectivity index (χ2v) is 8.66. The van der Waals surface area contributed by atoms with Crippen LogP contribution in [0, 0.1) is 0 Å². The Kier molecular flexibility index (Phi) is 5.53. The number of carbonyl (C=O) groups excluding carboxylic acids is 3. The largest absolute Gasteiger partial charge is 0.480 e. The van der Waals surface area contributed by atoms with Crippen LogP contribution in [0.1, 0.15) is 23.1 Å². The van der Waals surface area contributed by atoms with E-state index in [-0.39, 0.29) is 25.3 Å². The maximum absolute atomic E-state index is 12.9. The molecule has 0 unspecified atom stereocenters. The van der Waals surface area contributed by atoms with Gasteiger partial charge >= 0.3 is 12.0 Å². The Hall–Kier alpha value is -4.14. The molecule has 3 N–H and O–H groups in total.